The molecule has 1 fully saturated rings. The molecule has 160 valence electrons. The fourth-order valence-electron chi connectivity index (χ4n) is 3.96. The predicted octanol–water partition coefficient (Wildman–Crippen LogP) is 4.54. The molecule has 1 atom stereocenters. The fraction of sp³-hybridized carbons (Fsp3) is 0.417. The topological polar surface area (TPSA) is 72.9 Å². The second-order valence-corrected chi connectivity index (χ2v) is 8.02. The molecule has 1 saturated heterocycles. The van der Waals surface area contributed by atoms with Gasteiger partial charge in [0.25, 0.3) is 0 Å². The van der Waals surface area contributed by atoms with Crippen molar-refractivity contribution in [1.29, 1.82) is 0 Å². The molecular weight excluding hydrogens is 378 g/mol. The first kappa shape index (κ1) is 21.7. The number of nitrogens with one attached hydrogen (secondary N) is 1. The van der Waals surface area contributed by atoms with Gasteiger partial charge >= 0.3 is 5.97 Å². The van der Waals surface area contributed by atoms with Crippen LogP contribution in [0, 0.1) is 6.92 Å². The lowest BCUT2D eigenvalue weighted by molar-refractivity contribution is -0.116. The van der Waals surface area contributed by atoms with Crippen LogP contribution in [0.2, 0.25) is 0 Å². The third-order valence-electron chi connectivity index (χ3n) is 5.58. The van der Waals surface area contributed by atoms with Gasteiger partial charge in [-0.25, -0.2) is 4.79 Å². The molecule has 0 bridgehead atoms. The van der Waals surface area contributed by atoms with E-state index >= 15 is 0 Å². The lowest BCUT2D eigenvalue weighted by Crippen LogP contribution is -2.52. The van der Waals surface area contributed by atoms with E-state index < -0.39 is 5.97 Å². The summed E-state index contributed by atoms with van der Waals surface area (Å²) in [5.41, 5.74) is 4.09. The molecule has 0 aromatic heterocycles. The first-order valence-corrected chi connectivity index (χ1v) is 10.6. The van der Waals surface area contributed by atoms with Crippen LogP contribution in [0.3, 0.4) is 0 Å². The third kappa shape index (κ3) is 5.12. The molecule has 2 aromatic rings. The van der Waals surface area contributed by atoms with E-state index in [4.69, 9.17) is 0 Å². The molecule has 2 aromatic carbocycles. The Bertz CT molecular complexity index is 912. The largest absolute Gasteiger partial charge is 0.478 e. The highest BCUT2D eigenvalue weighted by molar-refractivity contribution is 5.97. The number of carbonyl (C=O) groups excluding carboxylic acids is 1. The summed E-state index contributed by atoms with van der Waals surface area (Å²) < 4.78 is 0. The fourth-order valence-corrected chi connectivity index (χ4v) is 3.96. The molecule has 1 aliphatic heterocycles. The first-order valence-electron chi connectivity index (χ1n) is 10.6. The van der Waals surface area contributed by atoms with Crippen LogP contribution in [0.1, 0.15) is 49.0 Å². The number of hydrogen-bond acceptors (Lipinski definition) is 4. The van der Waals surface area contributed by atoms with E-state index in [9.17, 15) is 14.7 Å². The number of carboxylic acid groups (broad SMARTS) is 1. The number of anilines is 3. The zero-order chi connectivity index (χ0) is 21.7. The number of benzene rings is 2. The maximum Gasteiger partial charge on any atom is 0.335 e. The number of unbranched alkanes of at least 4 members (excludes halogenated alkanes) is 1. The van der Waals surface area contributed by atoms with Gasteiger partial charge in [-0.3, -0.25) is 4.79 Å². The summed E-state index contributed by atoms with van der Waals surface area (Å²) in [5, 5.41) is 12.3. The maximum absolute atomic E-state index is 12.3. The van der Waals surface area contributed by atoms with Crippen molar-refractivity contribution in [2.24, 2.45) is 0 Å². The monoisotopic (exact) mass is 409 g/mol. The van der Waals surface area contributed by atoms with Crippen molar-refractivity contribution in [2.75, 3.05) is 34.8 Å². The van der Waals surface area contributed by atoms with Gasteiger partial charge in [0.15, 0.2) is 0 Å². The van der Waals surface area contributed by atoms with Gasteiger partial charge in [-0.2, -0.15) is 0 Å². The van der Waals surface area contributed by atoms with E-state index in [1.807, 2.05) is 13.0 Å². The van der Waals surface area contributed by atoms with Crippen LogP contribution < -0.4 is 15.1 Å². The zero-order valence-electron chi connectivity index (χ0n) is 18.0. The van der Waals surface area contributed by atoms with E-state index in [1.54, 1.807) is 12.1 Å². The summed E-state index contributed by atoms with van der Waals surface area (Å²) in [4.78, 5) is 28.4. The molecule has 2 N–H and O–H groups in total. The number of aryl methyl sites for hydroxylation is 1. The number of hydrogen-bond donors (Lipinski definition) is 2. The van der Waals surface area contributed by atoms with E-state index in [-0.39, 0.29) is 17.5 Å². The van der Waals surface area contributed by atoms with Crippen LogP contribution in [0.25, 0.3) is 0 Å². The van der Waals surface area contributed by atoms with Gasteiger partial charge in [-0.15, -0.1) is 0 Å². The number of rotatable bonds is 7. The summed E-state index contributed by atoms with van der Waals surface area (Å²) >= 11 is 0. The summed E-state index contributed by atoms with van der Waals surface area (Å²) in [7, 11) is 0. The maximum atomic E-state index is 12.3. The van der Waals surface area contributed by atoms with Crippen molar-refractivity contribution in [2.45, 2.75) is 46.1 Å². The minimum Gasteiger partial charge on any atom is -0.478 e. The van der Waals surface area contributed by atoms with Crippen molar-refractivity contribution in [3.63, 3.8) is 0 Å². The van der Waals surface area contributed by atoms with Gasteiger partial charge in [-0.1, -0.05) is 25.5 Å². The molecule has 0 saturated carbocycles. The Labute approximate surface area is 178 Å². The van der Waals surface area contributed by atoms with Crippen LogP contribution in [0.15, 0.2) is 42.5 Å². The average molecular weight is 410 g/mol. The minimum atomic E-state index is -0.997. The average Bonchev–Trinajstić information content (AvgIpc) is 2.72. The van der Waals surface area contributed by atoms with Gasteiger partial charge in [0.05, 0.1) is 16.9 Å². The highest BCUT2D eigenvalue weighted by Crippen LogP contribution is 2.31. The van der Waals surface area contributed by atoms with E-state index in [1.165, 1.54) is 11.3 Å². The SMILES string of the molecule is CCCCC(=O)Nc1cc(C(=O)O)ccc1N1CCN(c2cccc(C)c2)[C@@H](C)C1. The van der Waals surface area contributed by atoms with E-state index in [0.29, 0.717) is 12.1 Å². The highest BCUT2D eigenvalue weighted by atomic mass is 16.4. The van der Waals surface area contributed by atoms with Crippen LogP contribution in [-0.2, 0) is 4.79 Å². The van der Waals surface area contributed by atoms with Crippen LogP contribution in [-0.4, -0.2) is 42.7 Å². The van der Waals surface area contributed by atoms with Crippen LogP contribution in [0.4, 0.5) is 17.1 Å². The number of carbonyl (C=O) groups is 2. The number of aromatic carboxylic acids is 1. The Morgan fingerprint density at radius 3 is 2.63 bits per heavy atom. The lowest BCUT2D eigenvalue weighted by Gasteiger charge is -2.43. The highest BCUT2D eigenvalue weighted by Gasteiger charge is 2.26. The predicted molar refractivity (Wildman–Crippen MR) is 122 cm³/mol. The molecule has 30 heavy (non-hydrogen) atoms. The van der Waals surface area contributed by atoms with Gasteiger partial charge in [0.2, 0.25) is 5.91 Å². The first-order chi connectivity index (χ1) is 14.4. The van der Waals surface area contributed by atoms with E-state index in [0.717, 1.165) is 38.2 Å². The Balaban J connectivity index is 1.81. The normalized spacial score (nSPS) is 16.4. The molecule has 6 nitrogen and oxygen atoms in total. The summed E-state index contributed by atoms with van der Waals surface area (Å²) in [5.74, 6) is -1.07. The minimum absolute atomic E-state index is 0.0768. The molecule has 1 aliphatic rings. The Morgan fingerprint density at radius 1 is 1.17 bits per heavy atom. The number of piperazine rings is 1. The number of amides is 1. The van der Waals surface area contributed by atoms with Crippen molar-refractivity contribution >= 4 is 28.9 Å². The number of carboxylic acids is 1. The molecule has 0 unspecified atom stereocenters. The Kier molecular flexibility index (Phi) is 6.98. The molecule has 0 spiro atoms. The van der Waals surface area contributed by atoms with Crippen molar-refractivity contribution < 1.29 is 14.7 Å². The molecule has 6 heteroatoms. The third-order valence-corrected chi connectivity index (χ3v) is 5.58. The molecular formula is C24H31N3O3. The molecule has 0 radical (unpaired) electrons. The summed E-state index contributed by atoms with van der Waals surface area (Å²) in [6, 6.07) is 13.8. The van der Waals surface area contributed by atoms with E-state index in [2.05, 4.69) is 53.2 Å². The molecule has 3 rings (SSSR count). The zero-order valence-corrected chi connectivity index (χ0v) is 18.0. The summed E-state index contributed by atoms with van der Waals surface area (Å²) in [6.07, 6.45) is 2.19. The van der Waals surface area contributed by atoms with Gasteiger partial charge in [-0.05, 0) is 56.2 Å². The van der Waals surface area contributed by atoms with Gasteiger partial charge in [0, 0.05) is 37.8 Å². The molecule has 1 heterocycles. The smallest absolute Gasteiger partial charge is 0.335 e. The Hall–Kier alpha value is -3.02. The van der Waals surface area contributed by atoms with Crippen molar-refractivity contribution in [1.82, 2.24) is 0 Å². The van der Waals surface area contributed by atoms with Crippen LogP contribution in [0.5, 0.6) is 0 Å². The van der Waals surface area contributed by atoms with Gasteiger partial charge < -0.3 is 20.2 Å². The standard InChI is InChI=1S/C24H31N3O3/c1-4-5-9-23(28)25-21-15-19(24(29)30)10-11-22(21)26-12-13-27(18(3)16-26)20-8-6-7-17(2)14-20/h6-8,10-11,14-15,18H,4-5,9,12-13,16H2,1-3H3,(H,25,28)(H,29,30)/t18-/m0/s1. The van der Waals surface area contributed by atoms with Gasteiger partial charge in [0.1, 0.15) is 0 Å². The van der Waals surface area contributed by atoms with Crippen LogP contribution >= 0.6 is 0 Å². The summed E-state index contributed by atoms with van der Waals surface area (Å²) in [6.45, 7) is 8.77. The second kappa shape index (κ2) is 9.65. The second-order valence-electron chi connectivity index (χ2n) is 8.02. The lowest BCUT2D eigenvalue weighted by atomic mass is 10.1. The quantitative estimate of drug-likeness (QED) is 0.703. The van der Waals surface area contributed by atoms with Crippen molar-refractivity contribution in [3.05, 3.63) is 53.6 Å². The Morgan fingerprint density at radius 2 is 1.97 bits per heavy atom. The molecule has 1 amide bonds. The van der Waals surface area contributed by atoms with Crippen molar-refractivity contribution in [3.8, 4) is 0 Å². The number of nitrogens with zero attached hydrogens (tertiary/aromatic N) is 2. The molecule has 0 aliphatic carbocycles.